The third-order valence-electron chi connectivity index (χ3n) is 4.32. The molecule has 1 aromatic rings. The van der Waals surface area contributed by atoms with E-state index in [2.05, 4.69) is 19.1 Å². The summed E-state index contributed by atoms with van der Waals surface area (Å²) in [5.41, 5.74) is 11.1. The van der Waals surface area contributed by atoms with E-state index in [4.69, 9.17) is 5.73 Å². The van der Waals surface area contributed by atoms with Gasteiger partial charge in [0.05, 0.1) is 5.69 Å². The van der Waals surface area contributed by atoms with Gasteiger partial charge in [-0.25, -0.2) is 0 Å². The Hall–Kier alpha value is -1.35. The molecule has 0 spiro atoms. The second-order valence-corrected chi connectivity index (χ2v) is 5.32. The normalized spacial score (nSPS) is 19.0. The van der Waals surface area contributed by atoms with Crippen LogP contribution in [0.3, 0.4) is 0 Å². The van der Waals surface area contributed by atoms with E-state index in [0.717, 1.165) is 25.8 Å². The van der Waals surface area contributed by atoms with Crippen LogP contribution < -0.4 is 10.6 Å². The fourth-order valence-electron chi connectivity index (χ4n) is 3.26. The quantitative estimate of drug-likeness (QED) is 0.883. The molecule has 2 aliphatic rings. The van der Waals surface area contributed by atoms with Crippen molar-refractivity contribution in [1.82, 2.24) is 0 Å². The van der Waals surface area contributed by atoms with Crippen molar-refractivity contribution >= 4 is 11.6 Å². The third kappa shape index (κ3) is 1.65. The first-order valence-electron chi connectivity index (χ1n) is 6.90. The SMILES string of the molecule is CCC(CN)c1cc2c3c(c1)CCN3C(=O)CC2. The lowest BCUT2D eigenvalue weighted by Crippen LogP contribution is -2.32. The highest BCUT2D eigenvalue weighted by Crippen LogP contribution is 2.39. The van der Waals surface area contributed by atoms with Crippen molar-refractivity contribution in [2.75, 3.05) is 18.0 Å². The second-order valence-electron chi connectivity index (χ2n) is 5.32. The predicted octanol–water partition coefficient (Wildman–Crippen LogP) is 1.97. The maximum atomic E-state index is 11.9. The van der Waals surface area contributed by atoms with Gasteiger partial charge in [0.15, 0.2) is 0 Å². The summed E-state index contributed by atoms with van der Waals surface area (Å²) in [6.07, 6.45) is 3.64. The number of carbonyl (C=O) groups is 1. The maximum absolute atomic E-state index is 11.9. The summed E-state index contributed by atoms with van der Waals surface area (Å²) in [6.45, 7) is 3.76. The molecule has 2 N–H and O–H groups in total. The van der Waals surface area contributed by atoms with E-state index in [0.29, 0.717) is 24.8 Å². The number of rotatable bonds is 3. The zero-order valence-electron chi connectivity index (χ0n) is 10.9. The van der Waals surface area contributed by atoms with Crippen LogP contribution in [0.15, 0.2) is 12.1 Å². The van der Waals surface area contributed by atoms with E-state index in [1.807, 2.05) is 4.90 Å². The molecule has 0 saturated carbocycles. The Balaban J connectivity index is 2.07. The summed E-state index contributed by atoms with van der Waals surface area (Å²) in [4.78, 5) is 13.8. The predicted molar refractivity (Wildman–Crippen MR) is 72.9 cm³/mol. The number of benzene rings is 1. The molecule has 0 fully saturated rings. The van der Waals surface area contributed by atoms with Gasteiger partial charge >= 0.3 is 0 Å². The largest absolute Gasteiger partial charge is 0.330 e. The first-order valence-corrected chi connectivity index (χ1v) is 6.90. The first kappa shape index (κ1) is 11.7. The number of hydrogen-bond acceptors (Lipinski definition) is 2. The summed E-state index contributed by atoms with van der Waals surface area (Å²) in [6, 6.07) is 4.56. The Morgan fingerprint density at radius 2 is 2.00 bits per heavy atom. The van der Waals surface area contributed by atoms with Gasteiger partial charge in [0.1, 0.15) is 0 Å². The lowest BCUT2D eigenvalue weighted by molar-refractivity contribution is -0.118. The summed E-state index contributed by atoms with van der Waals surface area (Å²) >= 11 is 0. The van der Waals surface area contributed by atoms with Gasteiger partial charge in [-0.1, -0.05) is 19.1 Å². The third-order valence-corrected chi connectivity index (χ3v) is 4.32. The molecule has 3 heteroatoms. The van der Waals surface area contributed by atoms with Crippen LogP contribution in [0.25, 0.3) is 0 Å². The van der Waals surface area contributed by atoms with Gasteiger partial charge in [0.25, 0.3) is 0 Å². The van der Waals surface area contributed by atoms with Gasteiger partial charge in [-0.3, -0.25) is 4.79 Å². The summed E-state index contributed by atoms with van der Waals surface area (Å²) in [5, 5.41) is 0. The molecule has 1 aromatic carbocycles. The number of carbonyl (C=O) groups excluding carboxylic acids is 1. The molecule has 2 heterocycles. The van der Waals surface area contributed by atoms with Crippen molar-refractivity contribution in [3.63, 3.8) is 0 Å². The number of nitrogens with two attached hydrogens (primary N) is 1. The molecule has 0 aromatic heterocycles. The van der Waals surface area contributed by atoms with Crippen molar-refractivity contribution in [2.45, 2.75) is 38.5 Å². The highest BCUT2D eigenvalue weighted by Gasteiger charge is 2.31. The van der Waals surface area contributed by atoms with Crippen LogP contribution in [0.4, 0.5) is 5.69 Å². The van der Waals surface area contributed by atoms with Crippen LogP contribution in [0, 0.1) is 0 Å². The molecule has 18 heavy (non-hydrogen) atoms. The van der Waals surface area contributed by atoms with E-state index in [9.17, 15) is 4.79 Å². The number of amides is 1. The van der Waals surface area contributed by atoms with Crippen LogP contribution >= 0.6 is 0 Å². The lowest BCUT2D eigenvalue weighted by atomic mass is 9.89. The monoisotopic (exact) mass is 244 g/mol. The molecule has 1 amide bonds. The molecule has 1 unspecified atom stereocenters. The standard InChI is InChI=1S/C15H20N2O/c1-2-10(9-16)13-7-11-3-4-14(18)17-6-5-12(8-13)15(11)17/h7-8,10H,2-6,9,16H2,1H3. The number of nitrogens with zero attached hydrogens (tertiary/aromatic N) is 1. The molecule has 3 nitrogen and oxygen atoms in total. The zero-order valence-corrected chi connectivity index (χ0v) is 10.9. The molecular formula is C15H20N2O. The number of anilines is 1. The lowest BCUT2D eigenvalue weighted by Gasteiger charge is -2.26. The Labute approximate surface area is 108 Å². The highest BCUT2D eigenvalue weighted by molar-refractivity contribution is 5.98. The van der Waals surface area contributed by atoms with Crippen molar-refractivity contribution in [3.8, 4) is 0 Å². The molecule has 0 radical (unpaired) electrons. The van der Waals surface area contributed by atoms with Gasteiger partial charge in [-0.2, -0.15) is 0 Å². The molecule has 0 saturated heterocycles. The average Bonchev–Trinajstić information content (AvgIpc) is 2.81. The van der Waals surface area contributed by atoms with Crippen molar-refractivity contribution in [2.24, 2.45) is 5.73 Å². The topological polar surface area (TPSA) is 46.3 Å². The molecular weight excluding hydrogens is 224 g/mol. The number of aryl methyl sites for hydroxylation is 1. The van der Waals surface area contributed by atoms with Gasteiger partial charge in [-0.05, 0) is 48.4 Å². The van der Waals surface area contributed by atoms with Gasteiger partial charge < -0.3 is 10.6 Å². The van der Waals surface area contributed by atoms with Crippen LogP contribution in [0.5, 0.6) is 0 Å². The van der Waals surface area contributed by atoms with E-state index in [1.165, 1.54) is 22.4 Å². The van der Waals surface area contributed by atoms with Crippen molar-refractivity contribution in [1.29, 1.82) is 0 Å². The molecule has 2 aliphatic heterocycles. The fraction of sp³-hybridized carbons (Fsp3) is 0.533. The van der Waals surface area contributed by atoms with E-state index < -0.39 is 0 Å². The van der Waals surface area contributed by atoms with Crippen molar-refractivity contribution in [3.05, 3.63) is 28.8 Å². The Bertz CT molecular complexity index is 492. The van der Waals surface area contributed by atoms with E-state index in [1.54, 1.807) is 0 Å². The fourth-order valence-corrected chi connectivity index (χ4v) is 3.26. The smallest absolute Gasteiger partial charge is 0.227 e. The molecule has 0 aliphatic carbocycles. The average molecular weight is 244 g/mol. The minimum Gasteiger partial charge on any atom is -0.330 e. The Morgan fingerprint density at radius 3 is 2.67 bits per heavy atom. The minimum atomic E-state index is 0.292. The molecule has 96 valence electrons. The Morgan fingerprint density at radius 1 is 1.28 bits per heavy atom. The summed E-state index contributed by atoms with van der Waals surface area (Å²) in [5.74, 6) is 0.748. The van der Waals surface area contributed by atoms with Crippen LogP contribution in [-0.2, 0) is 17.6 Å². The maximum Gasteiger partial charge on any atom is 0.227 e. The van der Waals surface area contributed by atoms with Gasteiger partial charge in [-0.15, -0.1) is 0 Å². The van der Waals surface area contributed by atoms with E-state index >= 15 is 0 Å². The van der Waals surface area contributed by atoms with Crippen LogP contribution in [0.2, 0.25) is 0 Å². The molecule has 3 rings (SSSR count). The second kappa shape index (κ2) is 4.39. The Kier molecular flexibility index (Phi) is 2.86. The summed E-state index contributed by atoms with van der Waals surface area (Å²) < 4.78 is 0. The zero-order chi connectivity index (χ0) is 12.7. The summed E-state index contributed by atoms with van der Waals surface area (Å²) in [7, 11) is 0. The van der Waals surface area contributed by atoms with Crippen molar-refractivity contribution < 1.29 is 4.79 Å². The van der Waals surface area contributed by atoms with Gasteiger partial charge in [0, 0.05) is 13.0 Å². The van der Waals surface area contributed by atoms with Crippen LogP contribution in [0.1, 0.15) is 42.4 Å². The minimum absolute atomic E-state index is 0.292. The number of hydrogen-bond donors (Lipinski definition) is 1. The first-order chi connectivity index (χ1) is 8.74. The van der Waals surface area contributed by atoms with Gasteiger partial charge in [0.2, 0.25) is 5.91 Å². The van der Waals surface area contributed by atoms with Crippen LogP contribution in [-0.4, -0.2) is 19.0 Å². The highest BCUT2D eigenvalue weighted by atomic mass is 16.2. The van der Waals surface area contributed by atoms with E-state index in [-0.39, 0.29) is 0 Å². The molecule has 0 bridgehead atoms. The molecule has 1 atom stereocenters.